The molecule has 14 heavy (non-hydrogen) atoms. The van der Waals surface area contributed by atoms with Crippen LogP contribution in [0.1, 0.15) is 26.2 Å². The van der Waals surface area contributed by atoms with Gasteiger partial charge < -0.3 is 14.2 Å². The Hall–Kier alpha value is -0.610. The Morgan fingerprint density at radius 3 is 3.00 bits per heavy atom. The topological polar surface area (TPSA) is 48.1 Å². The SMILES string of the molecule is COC(=O)C1OC1(C)CC1CCCO1. The van der Waals surface area contributed by atoms with Crippen molar-refractivity contribution < 1.29 is 19.0 Å². The predicted molar refractivity (Wildman–Crippen MR) is 48.9 cm³/mol. The first-order chi connectivity index (χ1) is 6.65. The number of hydrogen-bond donors (Lipinski definition) is 0. The molecule has 2 aliphatic rings. The van der Waals surface area contributed by atoms with Crippen LogP contribution in [0, 0.1) is 0 Å². The Balaban J connectivity index is 1.84. The van der Waals surface area contributed by atoms with Crippen LogP contribution >= 0.6 is 0 Å². The van der Waals surface area contributed by atoms with E-state index in [0.717, 1.165) is 25.9 Å². The molecular weight excluding hydrogens is 184 g/mol. The highest BCUT2D eigenvalue weighted by atomic mass is 16.7. The molecule has 0 aliphatic carbocycles. The number of ether oxygens (including phenoxy) is 3. The lowest BCUT2D eigenvalue weighted by Crippen LogP contribution is -2.24. The minimum absolute atomic E-state index is 0.259. The first-order valence-corrected chi connectivity index (χ1v) is 5.03. The van der Waals surface area contributed by atoms with Crippen LogP contribution in [0.25, 0.3) is 0 Å². The molecule has 3 unspecified atom stereocenters. The molecule has 0 aromatic rings. The highest BCUT2D eigenvalue weighted by Crippen LogP contribution is 2.42. The monoisotopic (exact) mass is 200 g/mol. The van der Waals surface area contributed by atoms with Crippen LogP contribution in [0.3, 0.4) is 0 Å². The van der Waals surface area contributed by atoms with Crippen LogP contribution in [0.15, 0.2) is 0 Å². The van der Waals surface area contributed by atoms with Gasteiger partial charge in [0.25, 0.3) is 0 Å². The van der Waals surface area contributed by atoms with Crippen LogP contribution in [-0.2, 0) is 19.0 Å². The van der Waals surface area contributed by atoms with E-state index < -0.39 is 0 Å². The van der Waals surface area contributed by atoms with Crippen LogP contribution in [0.2, 0.25) is 0 Å². The second kappa shape index (κ2) is 3.51. The summed E-state index contributed by atoms with van der Waals surface area (Å²) in [4.78, 5) is 11.2. The number of hydrogen-bond acceptors (Lipinski definition) is 4. The molecule has 4 nitrogen and oxygen atoms in total. The molecule has 0 saturated carbocycles. The lowest BCUT2D eigenvalue weighted by Gasteiger charge is -2.12. The van der Waals surface area contributed by atoms with Gasteiger partial charge in [0.2, 0.25) is 0 Å². The molecule has 2 heterocycles. The average molecular weight is 200 g/mol. The van der Waals surface area contributed by atoms with Crippen molar-refractivity contribution in [3.05, 3.63) is 0 Å². The van der Waals surface area contributed by atoms with Gasteiger partial charge in [-0.05, 0) is 19.8 Å². The molecule has 0 radical (unpaired) electrons. The van der Waals surface area contributed by atoms with E-state index in [-0.39, 0.29) is 23.8 Å². The Kier molecular flexibility index (Phi) is 2.49. The van der Waals surface area contributed by atoms with E-state index >= 15 is 0 Å². The largest absolute Gasteiger partial charge is 0.467 e. The maximum atomic E-state index is 11.2. The van der Waals surface area contributed by atoms with E-state index in [9.17, 15) is 4.79 Å². The zero-order chi connectivity index (χ0) is 10.2. The van der Waals surface area contributed by atoms with E-state index in [1.807, 2.05) is 6.92 Å². The first kappa shape index (κ1) is 9.93. The third-order valence-electron chi connectivity index (χ3n) is 2.96. The lowest BCUT2D eigenvalue weighted by atomic mass is 9.98. The lowest BCUT2D eigenvalue weighted by molar-refractivity contribution is -0.142. The van der Waals surface area contributed by atoms with Crippen LogP contribution in [-0.4, -0.2) is 37.5 Å². The van der Waals surface area contributed by atoms with Crippen molar-refractivity contribution in [2.75, 3.05) is 13.7 Å². The molecular formula is C10H16O4. The number of epoxide rings is 1. The summed E-state index contributed by atoms with van der Waals surface area (Å²) in [5.74, 6) is -0.273. The van der Waals surface area contributed by atoms with Crippen molar-refractivity contribution in [1.82, 2.24) is 0 Å². The number of methoxy groups -OCH3 is 1. The van der Waals surface area contributed by atoms with Crippen LogP contribution in [0.4, 0.5) is 0 Å². The molecule has 0 aromatic heterocycles. The summed E-state index contributed by atoms with van der Waals surface area (Å²) in [6, 6.07) is 0. The minimum Gasteiger partial charge on any atom is -0.467 e. The predicted octanol–water partition coefficient (Wildman–Crippen LogP) is 0.886. The standard InChI is InChI=1S/C10H16O4/c1-10(6-7-4-3-5-13-7)8(14-10)9(11)12-2/h7-8H,3-6H2,1-2H3. The second-order valence-corrected chi connectivity index (χ2v) is 4.17. The van der Waals surface area contributed by atoms with Gasteiger partial charge in [-0.15, -0.1) is 0 Å². The number of esters is 1. The van der Waals surface area contributed by atoms with Crippen LogP contribution < -0.4 is 0 Å². The van der Waals surface area contributed by atoms with Gasteiger partial charge in [0.1, 0.15) is 5.60 Å². The fraction of sp³-hybridized carbons (Fsp3) is 0.900. The molecule has 0 bridgehead atoms. The minimum atomic E-state index is -0.378. The fourth-order valence-corrected chi connectivity index (χ4v) is 2.05. The van der Waals surface area contributed by atoms with Crippen molar-refractivity contribution >= 4 is 5.97 Å². The second-order valence-electron chi connectivity index (χ2n) is 4.17. The van der Waals surface area contributed by atoms with Crippen LogP contribution in [0.5, 0.6) is 0 Å². The van der Waals surface area contributed by atoms with Crippen molar-refractivity contribution in [3.63, 3.8) is 0 Å². The highest BCUT2D eigenvalue weighted by molar-refractivity contribution is 5.79. The number of rotatable bonds is 3. The smallest absolute Gasteiger partial charge is 0.338 e. The fourth-order valence-electron chi connectivity index (χ4n) is 2.05. The summed E-state index contributed by atoms with van der Waals surface area (Å²) in [7, 11) is 1.39. The van der Waals surface area contributed by atoms with Gasteiger partial charge in [-0.1, -0.05) is 0 Å². The third-order valence-corrected chi connectivity index (χ3v) is 2.96. The van der Waals surface area contributed by atoms with E-state index in [4.69, 9.17) is 9.47 Å². The van der Waals surface area contributed by atoms with Crippen molar-refractivity contribution in [3.8, 4) is 0 Å². The third kappa shape index (κ3) is 1.77. The molecule has 2 aliphatic heterocycles. The Labute approximate surface area is 83.5 Å². The maximum absolute atomic E-state index is 11.2. The molecule has 2 rings (SSSR count). The molecule has 4 heteroatoms. The van der Waals surface area contributed by atoms with Crippen molar-refractivity contribution in [1.29, 1.82) is 0 Å². The van der Waals surface area contributed by atoms with E-state index in [2.05, 4.69) is 4.74 Å². The van der Waals surface area contributed by atoms with Gasteiger partial charge in [-0.2, -0.15) is 0 Å². The molecule has 0 aromatic carbocycles. The molecule has 2 saturated heterocycles. The molecule has 0 amide bonds. The summed E-state index contributed by atoms with van der Waals surface area (Å²) in [6.45, 7) is 2.78. The summed E-state index contributed by atoms with van der Waals surface area (Å²) in [5, 5.41) is 0. The van der Waals surface area contributed by atoms with Gasteiger partial charge in [0.15, 0.2) is 6.10 Å². The summed E-state index contributed by atoms with van der Waals surface area (Å²) >= 11 is 0. The first-order valence-electron chi connectivity index (χ1n) is 5.03. The molecule has 80 valence electrons. The number of carbonyl (C=O) groups is 1. The number of carbonyl (C=O) groups excluding carboxylic acids is 1. The zero-order valence-corrected chi connectivity index (χ0v) is 8.62. The summed E-state index contributed by atoms with van der Waals surface area (Å²) < 4.78 is 15.5. The highest BCUT2D eigenvalue weighted by Gasteiger charge is 2.58. The normalized spacial score (nSPS) is 41.0. The molecule has 0 N–H and O–H groups in total. The summed E-state index contributed by atoms with van der Waals surface area (Å²) in [5.41, 5.74) is -0.345. The Morgan fingerprint density at radius 2 is 2.43 bits per heavy atom. The van der Waals surface area contributed by atoms with Gasteiger partial charge in [-0.25, -0.2) is 4.79 Å². The van der Waals surface area contributed by atoms with Crippen molar-refractivity contribution in [2.45, 2.75) is 44.0 Å². The quantitative estimate of drug-likeness (QED) is 0.501. The molecule has 0 spiro atoms. The maximum Gasteiger partial charge on any atom is 0.338 e. The van der Waals surface area contributed by atoms with Gasteiger partial charge in [-0.3, -0.25) is 0 Å². The van der Waals surface area contributed by atoms with E-state index in [0.29, 0.717) is 0 Å². The molecule has 2 fully saturated rings. The van der Waals surface area contributed by atoms with E-state index in [1.165, 1.54) is 7.11 Å². The average Bonchev–Trinajstić information content (AvgIpc) is 2.62. The Bertz CT molecular complexity index is 234. The van der Waals surface area contributed by atoms with Gasteiger partial charge in [0.05, 0.1) is 13.2 Å². The summed E-state index contributed by atoms with van der Waals surface area (Å²) in [6.07, 6.45) is 2.87. The zero-order valence-electron chi connectivity index (χ0n) is 8.62. The van der Waals surface area contributed by atoms with E-state index in [1.54, 1.807) is 0 Å². The van der Waals surface area contributed by atoms with Gasteiger partial charge in [0, 0.05) is 13.0 Å². The van der Waals surface area contributed by atoms with Crippen molar-refractivity contribution in [2.24, 2.45) is 0 Å². The Morgan fingerprint density at radius 1 is 1.64 bits per heavy atom. The molecule has 3 atom stereocenters. The van der Waals surface area contributed by atoms with Gasteiger partial charge >= 0.3 is 5.97 Å².